The van der Waals surface area contributed by atoms with Gasteiger partial charge in [0.1, 0.15) is 12.4 Å². The maximum Gasteiger partial charge on any atom is 0.283 e. The van der Waals surface area contributed by atoms with Gasteiger partial charge in [-0.05, 0) is 43.2 Å². The van der Waals surface area contributed by atoms with E-state index in [1.54, 1.807) is 48.7 Å². The molecule has 130 valence electrons. The third-order valence-corrected chi connectivity index (χ3v) is 5.77. The lowest BCUT2D eigenvalue weighted by Crippen LogP contribution is -2.22. The summed E-state index contributed by atoms with van der Waals surface area (Å²) < 4.78 is 32.3. The van der Waals surface area contributed by atoms with Crippen molar-refractivity contribution in [3.63, 3.8) is 0 Å². The van der Waals surface area contributed by atoms with Gasteiger partial charge in [-0.2, -0.15) is 17.6 Å². The van der Waals surface area contributed by atoms with Crippen LogP contribution in [0.3, 0.4) is 0 Å². The zero-order valence-electron chi connectivity index (χ0n) is 13.6. The molecule has 0 radical (unpaired) electrons. The van der Waals surface area contributed by atoms with Gasteiger partial charge < -0.3 is 10.1 Å². The molecule has 1 aliphatic rings. The van der Waals surface area contributed by atoms with Gasteiger partial charge in [-0.25, -0.2) is 0 Å². The summed E-state index contributed by atoms with van der Waals surface area (Å²) in [6, 6.07) is 14.3. The minimum atomic E-state index is -3.70. The Kier molecular flexibility index (Phi) is 4.19. The molecule has 0 saturated heterocycles. The van der Waals surface area contributed by atoms with Crippen LogP contribution in [0.2, 0.25) is 0 Å². The minimum Gasteiger partial charge on any atom is -0.492 e. The summed E-state index contributed by atoms with van der Waals surface area (Å²) in [5.74, 6) is 0.710. The second-order valence-electron chi connectivity index (χ2n) is 6.10. The van der Waals surface area contributed by atoms with Crippen LogP contribution >= 0.6 is 0 Å². The molecule has 3 aromatic rings. The van der Waals surface area contributed by atoms with E-state index in [9.17, 15) is 8.42 Å². The maximum absolute atomic E-state index is 12.7. The van der Waals surface area contributed by atoms with Crippen LogP contribution in [0.15, 0.2) is 59.6 Å². The number of benzene rings is 2. The van der Waals surface area contributed by atoms with Gasteiger partial charge in [0.15, 0.2) is 0 Å². The largest absolute Gasteiger partial charge is 0.492 e. The summed E-state index contributed by atoms with van der Waals surface area (Å²) in [5.41, 5.74) is 0.535. The molecule has 1 fully saturated rings. The van der Waals surface area contributed by atoms with Gasteiger partial charge in [0, 0.05) is 18.0 Å². The highest BCUT2D eigenvalue weighted by atomic mass is 32.2. The van der Waals surface area contributed by atoms with Gasteiger partial charge in [-0.15, -0.1) is 0 Å². The molecule has 1 N–H and O–H groups in total. The molecule has 0 aliphatic heterocycles. The van der Waals surface area contributed by atoms with Gasteiger partial charge in [0.05, 0.1) is 16.6 Å². The Bertz CT molecular complexity index is 979. The maximum atomic E-state index is 12.7. The van der Waals surface area contributed by atoms with Crippen molar-refractivity contribution in [3.8, 4) is 5.75 Å². The Hall–Kier alpha value is -2.38. The zero-order valence-corrected chi connectivity index (χ0v) is 14.4. The van der Waals surface area contributed by atoms with Crippen LogP contribution in [-0.2, 0) is 10.0 Å². The molecule has 0 spiro atoms. The van der Waals surface area contributed by atoms with Crippen molar-refractivity contribution in [1.82, 2.24) is 14.5 Å². The molecule has 25 heavy (non-hydrogen) atoms. The molecule has 6 nitrogen and oxygen atoms in total. The van der Waals surface area contributed by atoms with E-state index in [2.05, 4.69) is 10.4 Å². The third-order valence-electron chi connectivity index (χ3n) is 4.16. The normalized spacial score (nSPS) is 14.7. The van der Waals surface area contributed by atoms with E-state index in [-0.39, 0.29) is 4.90 Å². The summed E-state index contributed by atoms with van der Waals surface area (Å²) in [5, 5.41) is 8.19. The lowest BCUT2D eigenvalue weighted by Gasteiger charge is -2.08. The summed E-state index contributed by atoms with van der Waals surface area (Å²) in [6.45, 7) is 1.39. The van der Waals surface area contributed by atoms with E-state index in [4.69, 9.17) is 4.74 Å². The molecule has 0 unspecified atom stereocenters. The average molecular weight is 357 g/mol. The summed E-state index contributed by atoms with van der Waals surface area (Å²) in [6.07, 6.45) is 4.05. The Morgan fingerprint density at radius 3 is 2.72 bits per heavy atom. The van der Waals surface area contributed by atoms with E-state index >= 15 is 0 Å². The lowest BCUT2D eigenvalue weighted by molar-refractivity contribution is 0.314. The van der Waals surface area contributed by atoms with Crippen molar-refractivity contribution in [2.24, 2.45) is 0 Å². The molecule has 7 heteroatoms. The Labute approximate surface area is 146 Å². The molecule has 0 bridgehead atoms. The van der Waals surface area contributed by atoms with E-state index in [0.29, 0.717) is 23.9 Å². The van der Waals surface area contributed by atoms with Gasteiger partial charge in [0.2, 0.25) is 0 Å². The predicted molar refractivity (Wildman–Crippen MR) is 95.3 cm³/mol. The van der Waals surface area contributed by atoms with E-state index in [1.807, 2.05) is 6.07 Å². The predicted octanol–water partition coefficient (Wildman–Crippen LogP) is 2.40. The number of hydrogen-bond donors (Lipinski definition) is 1. The first kappa shape index (κ1) is 16.1. The van der Waals surface area contributed by atoms with E-state index in [1.165, 1.54) is 12.8 Å². The van der Waals surface area contributed by atoms with Crippen LogP contribution in [-0.4, -0.2) is 36.8 Å². The van der Waals surface area contributed by atoms with Crippen LogP contribution in [0.1, 0.15) is 12.8 Å². The van der Waals surface area contributed by atoms with Gasteiger partial charge in [-0.1, -0.05) is 18.2 Å². The molecule has 1 aromatic heterocycles. The number of aromatic nitrogens is 2. The number of ether oxygens (including phenoxy) is 1. The first-order valence-electron chi connectivity index (χ1n) is 8.29. The van der Waals surface area contributed by atoms with Crippen molar-refractivity contribution >= 4 is 20.9 Å². The smallest absolute Gasteiger partial charge is 0.283 e. The number of nitrogens with one attached hydrogen (secondary N) is 1. The second kappa shape index (κ2) is 6.50. The molecule has 0 amide bonds. The van der Waals surface area contributed by atoms with E-state index in [0.717, 1.165) is 16.0 Å². The zero-order chi connectivity index (χ0) is 17.3. The first-order valence-corrected chi connectivity index (χ1v) is 9.73. The fourth-order valence-electron chi connectivity index (χ4n) is 2.68. The SMILES string of the molecule is O=S(=O)(c1ccccc1)n1ncc2cc(OCCNC3CC3)ccc21. The first-order chi connectivity index (χ1) is 12.1. The van der Waals surface area contributed by atoms with Crippen LogP contribution < -0.4 is 10.1 Å². The minimum absolute atomic E-state index is 0.214. The van der Waals surface area contributed by atoms with Crippen molar-refractivity contribution in [2.45, 2.75) is 23.8 Å². The van der Waals surface area contributed by atoms with Crippen molar-refractivity contribution in [2.75, 3.05) is 13.2 Å². The lowest BCUT2D eigenvalue weighted by atomic mass is 10.2. The quantitative estimate of drug-likeness (QED) is 0.658. The molecule has 2 aromatic carbocycles. The Morgan fingerprint density at radius 1 is 1.16 bits per heavy atom. The highest BCUT2D eigenvalue weighted by Gasteiger charge is 2.21. The number of rotatable bonds is 7. The van der Waals surface area contributed by atoms with Crippen LogP contribution in [0.4, 0.5) is 0 Å². The Balaban J connectivity index is 1.55. The van der Waals surface area contributed by atoms with Gasteiger partial charge in [0.25, 0.3) is 10.0 Å². The standard InChI is InChI=1S/C18H19N3O3S/c22-25(23,17-4-2-1-3-5-17)21-18-9-8-16(12-14(18)13-20-21)24-11-10-19-15-6-7-15/h1-5,8-9,12-13,15,19H,6-7,10-11H2. The van der Waals surface area contributed by atoms with Gasteiger partial charge >= 0.3 is 0 Å². The third kappa shape index (κ3) is 3.38. The van der Waals surface area contributed by atoms with Crippen LogP contribution in [0, 0.1) is 0 Å². The molecule has 1 saturated carbocycles. The Morgan fingerprint density at radius 2 is 1.96 bits per heavy atom. The van der Waals surface area contributed by atoms with Crippen LogP contribution in [0.5, 0.6) is 5.75 Å². The van der Waals surface area contributed by atoms with Crippen molar-refractivity contribution in [1.29, 1.82) is 0 Å². The second-order valence-corrected chi connectivity index (χ2v) is 7.87. The monoisotopic (exact) mass is 357 g/mol. The van der Waals surface area contributed by atoms with E-state index < -0.39 is 10.0 Å². The van der Waals surface area contributed by atoms with Crippen molar-refractivity contribution < 1.29 is 13.2 Å². The van der Waals surface area contributed by atoms with Gasteiger partial charge in [-0.3, -0.25) is 0 Å². The molecular formula is C18H19N3O3S. The molecular weight excluding hydrogens is 338 g/mol. The number of hydrogen-bond acceptors (Lipinski definition) is 5. The fourth-order valence-corrected chi connectivity index (χ4v) is 3.98. The molecule has 1 aliphatic carbocycles. The summed E-state index contributed by atoms with van der Waals surface area (Å²) >= 11 is 0. The highest BCUT2D eigenvalue weighted by molar-refractivity contribution is 7.90. The van der Waals surface area contributed by atoms with Crippen LogP contribution in [0.25, 0.3) is 10.9 Å². The highest BCUT2D eigenvalue weighted by Crippen LogP contribution is 2.24. The average Bonchev–Trinajstić information content (AvgIpc) is 3.36. The van der Waals surface area contributed by atoms with Crippen molar-refractivity contribution in [3.05, 3.63) is 54.7 Å². The topological polar surface area (TPSA) is 73.2 Å². The summed E-state index contributed by atoms with van der Waals surface area (Å²) in [4.78, 5) is 0.214. The molecule has 1 heterocycles. The number of fused-ring (bicyclic) bond motifs is 1. The number of nitrogens with zero attached hydrogens (tertiary/aromatic N) is 2. The molecule has 4 rings (SSSR count). The molecule has 0 atom stereocenters. The fraction of sp³-hybridized carbons (Fsp3) is 0.278. The summed E-state index contributed by atoms with van der Waals surface area (Å²) in [7, 11) is -3.70.